The van der Waals surface area contributed by atoms with Gasteiger partial charge in [0.25, 0.3) is 0 Å². The molecule has 1 spiro atoms. The minimum atomic E-state index is -0.247. The van der Waals surface area contributed by atoms with Crippen molar-refractivity contribution in [2.45, 2.75) is 58.0 Å². The van der Waals surface area contributed by atoms with E-state index in [0.29, 0.717) is 24.0 Å². The molecule has 2 heterocycles. The fraction of sp³-hybridized carbons (Fsp3) is 0.833. The van der Waals surface area contributed by atoms with Gasteiger partial charge in [-0.1, -0.05) is 13.8 Å². The largest absolute Gasteiger partial charge is 0.391 e. The molecule has 2 unspecified atom stereocenters. The Kier molecular flexibility index (Phi) is 5.30. The van der Waals surface area contributed by atoms with E-state index >= 15 is 0 Å². The number of rotatable bonds is 7. The number of methoxy groups -OCH3 is 1. The van der Waals surface area contributed by atoms with Crippen molar-refractivity contribution in [1.29, 1.82) is 0 Å². The first-order valence-corrected chi connectivity index (χ1v) is 9.07. The molecule has 2 aliphatic rings. The highest BCUT2D eigenvalue weighted by atomic mass is 16.5. The highest BCUT2D eigenvalue weighted by molar-refractivity contribution is 5.13. The molecule has 1 saturated carbocycles. The van der Waals surface area contributed by atoms with Gasteiger partial charge in [-0.2, -0.15) is 5.10 Å². The fourth-order valence-corrected chi connectivity index (χ4v) is 5.11. The summed E-state index contributed by atoms with van der Waals surface area (Å²) in [6.45, 7) is 7.90. The van der Waals surface area contributed by atoms with Crippen molar-refractivity contribution in [2.75, 3.05) is 27.3 Å². The molecule has 2 fully saturated rings. The van der Waals surface area contributed by atoms with Crippen molar-refractivity contribution in [2.24, 2.45) is 11.3 Å². The van der Waals surface area contributed by atoms with Crippen molar-refractivity contribution in [3.05, 3.63) is 18.0 Å². The van der Waals surface area contributed by atoms with Crippen LogP contribution in [0.1, 0.15) is 32.3 Å². The molecule has 1 aromatic rings. The monoisotopic (exact) mass is 336 g/mol. The summed E-state index contributed by atoms with van der Waals surface area (Å²) in [5.41, 5.74) is 1.45. The standard InChI is InChI=1S/C18H32N4O2/c1-13(2)17-18(12-21(17)3)7-15(16(23)8-18)19-9-14-10-20-22(11-14)5-6-24-4/h10-11,13,15-17,19,23H,5-9,12H2,1-4H3/t15-,16-,17?,18?/m1/s1. The van der Waals surface area contributed by atoms with Crippen molar-refractivity contribution in [1.82, 2.24) is 20.0 Å². The Hall–Kier alpha value is -0.950. The van der Waals surface area contributed by atoms with Crippen LogP contribution in [-0.4, -0.2) is 65.3 Å². The third-order valence-corrected chi connectivity index (χ3v) is 5.78. The minimum Gasteiger partial charge on any atom is -0.391 e. The molecule has 0 aromatic carbocycles. The topological polar surface area (TPSA) is 62.6 Å². The first kappa shape index (κ1) is 17.9. The van der Waals surface area contributed by atoms with E-state index in [9.17, 15) is 5.11 Å². The van der Waals surface area contributed by atoms with E-state index < -0.39 is 0 Å². The Morgan fingerprint density at radius 2 is 2.25 bits per heavy atom. The van der Waals surface area contributed by atoms with Gasteiger partial charge in [0.05, 0.1) is 25.5 Å². The lowest BCUT2D eigenvalue weighted by Gasteiger charge is -2.57. The number of hydrogen-bond donors (Lipinski definition) is 2. The number of likely N-dealkylation sites (tertiary alicyclic amines) is 1. The molecule has 0 bridgehead atoms. The van der Waals surface area contributed by atoms with E-state index in [-0.39, 0.29) is 12.1 Å². The molecular formula is C18H32N4O2. The third kappa shape index (κ3) is 3.38. The van der Waals surface area contributed by atoms with Gasteiger partial charge in [-0.3, -0.25) is 4.68 Å². The molecule has 3 rings (SSSR count). The van der Waals surface area contributed by atoms with Crippen LogP contribution in [0.15, 0.2) is 12.4 Å². The van der Waals surface area contributed by atoms with Crippen molar-refractivity contribution < 1.29 is 9.84 Å². The van der Waals surface area contributed by atoms with Crippen LogP contribution < -0.4 is 5.32 Å². The molecule has 1 aliphatic carbocycles. The van der Waals surface area contributed by atoms with Gasteiger partial charge in [-0.15, -0.1) is 0 Å². The molecule has 0 radical (unpaired) electrons. The summed E-state index contributed by atoms with van der Waals surface area (Å²) >= 11 is 0. The van der Waals surface area contributed by atoms with Gasteiger partial charge in [0, 0.05) is 49.5 Å². The summed E-state index contributed by atoms with van der Waals surface area (Å²) in [5, 5.41) is 18.5. The Balaban J connectivity index is 1.54. The van der Waals surface area contributed by atoms with Crippen LogP contribution in [-0.2, 0) is 17.8 Å². The third-order valence-electron chi connectivity index (χ3n) is 5.78. The zero-order chi connectivity index (χ0) is 17.3. The van der Waals surface area contributed by atoms with E-state index in [0.717, 1.165) is 38.0 Å². The second-order valence-corrected chi connectivity index (χ2v) is 8.03. The van der Waals surface area contributed by atoms with Crippen molar-refractivity contribution in [3.8, 4) is 0 Å². The van der Waals surface area contributed by atoms with Gasteiger partial charge in [0.1, 0.15) is 0 Å². The first-order valence-electron chi connectivity index (χ1n) is 9.07. The number of aliphatic hydroxyl groups is 1. The van der Waals surface area contributed by atoms with Crippen LogP contribution >= 0.6 is 0 Å². The second-order valence-electron chi connectivity index (χ2n) is 8.03. The summed E-state index contributed by atoms with van der Waals surface area (Å²) < 4.78 is 6.98. The van der Waals surface area contributed by atoms with Crippen molar-refractivity contribution >= 4 is 0 Å². The minimum absolute atomic E-state index is 0.183. The molecule has 6 heteroatoms. The normalized spacial score (nSPS) is 33.5. The second kappa shape index (κ2) is 7.12. The van der Waals surface area contributed by atoms with Crippen molar-refractivity contribution in [3.63, 3.8) is 0 Å². The number of aromatic nitrogens is 2. The number of ether oxygens (including phenoxy) is 1. The van der Waals surface area contributed by atoms with Gasteiger partial charge in [0.2, 0.25) is 0 Å². The van der Waals surface area contributed by atoms with Crippen LogP contribution in [0.25, 0.3) is 0 Å². The smallest absolute Gasteiger partial charge is 0.0699 e. The maximum Gasteiger partial charge on any atom is 0.0699 e. The predicted octanol–water partition coefficient (Wildman–Crippen LogP) is 1.10. The number of aliphatic hydroxyl groups excluding tert-OH is 1. The average Bonchev–Trinajstić information content (AvgIpc) is 3.07. The molecule has 1 aromatic heterocycles. The van der Waals surface area contributed by atoms with Gasteiger partial charge in [-0.25, -0.2) is 0 Å². The molecule has 24 heavy (non-hydrogen) atoms. The van der Waals surface area contributed by atoms with E-state index in [1.165, 1.54) is 0 Å². The van der Waals surface area contributed by atoms with Gasteiger partial charge in [-0.05, 0) is 25.8 Å². The van der Waals surface area contributed by atoms with E-state index in [1.807, 2.05) is 10.9 Å². The lowest BCUT2D eigenvalue weighted by molar-refractivity contribution is -0.0828. The lowest BCUT2D eigenvalue weighted by Crippen LogP contribution is -2.64. The Bertz CT molecular complexity index is 542. The maximum absolute atomic E-state index is 10.6. The maximum atomic E-state index is 10.6. The summed E-state index contributed by atoms with van der Waals surface area (Å²) in [7, 11) is 3.91. The zero-order valence-electron chi connectivity index (χ0n) is 15.4. The summed E-state index contributed by atoms with van der Waals surface area (Å²) in [6, 6.07) is 0.776. The summed E-state index contributed by atoms with van der Waals surface area (Å²) in [5.74, 6) is 0.633. The van der Waals surface area contributed by atoms with Crippen LogP contribution in [0, 0.1) is 11.3 Å². The average molecular weight is 336 g/mol. The molecule has 1 saturated heterocycles. The van der Waals surface area contributed by atoms with Gasteiger partial charge >= 0.3 is 0 Å². The Morgan fingerprint density at radius 1 is 1.46 bits per heavy atom. The Labute approximate surface area is 145 Å². The summed E-state index contributed by atoms with van der Waals surface area (Å²) in [4.78, 5) is 2.44. The fourth-order valence-electron chi connectivity index (χ4n) is 5.11. The molecule has 6 nitrogen and oxygen atoms in total. The van der Waals surface area contributed by atoms with Crippen LogP contribution in [0.3, 0.4) is 0 Å². The zero-order valence-corrected chi connectivity index (χ0v) is 15.4. The summed E-state index contributed by atoms with van der Waals surface area (Å²) in [6.07, 6.45) is 5.69. The molecule has 0 amide bonds. The SMILES string of the molecule is COCCn1cc(CN[C@@H]2CC3(C[C@H]2O)CN(C)C3C(C)C)cn1. The van der Waals surface area contributed by atoms with Gasteiger partial charge < -0.3 is 20.1 Å². The van der Waals surface area contributed by atoms with E-state index in [2.05, 4.69) is 42.4 Å². The van der Waals surface area contributed by atoms with Crippen LogP contribution in [0.5, 0.6) is 0 Å². The number of hydrogen-bond acceptors (Lipinski definition) is 5. The van der Waals surface area contributed by atoms with Crippen LogP contribution in [0.2, 0.25) is 0 Å². The molecule has 1 aliphatic heterocycles. The molecular weight excluding hydrogens is 304 g/mol. The molecule has 4 atom stereocenters. The molecule has 136 valence electrons. The number of nitrogens with one attached hydrogen (secondary N) is 1. The van der Waals surface area contributed by atoms with E-state index in [4.69, 9.17) is 4.74 Å². The van der Waals surface area contributed by atoms with E-state index in [1.54, 1.807) is 7.11 Å². The predicted molar refractivity (Wildman–Crippen MR) is 93.7 cm³/mol. The lowest BCUT2D eigenvalue weighted by atomic mass is 9.66. The first-order chi connectivity index (χ1) is 11.4. The highest BCUT2D eigenvalue weighted by Crippen LogP contribution is 2.52. The Morgan fingerprint density at radius 3 is 2.92 bits per heavy atom. The van der Waals surface area contributed by atoms with Crippen LogP contribution in [0.4, 0.5) is 0 Å². The quantitative estimate of drug-likeness (QED) is 0.781. The molecule has 2 N–H and O–H groups in total. The number of nitrogens with zero attached hydrogens (tertiary/aromatic N) is 3. The highest BCUT2D eigenvalue weighted by Gasteiger charge is 2.57. The van der Waals surface area contributed by atoms with Gasteiger partial charge in [0.15, 0.2) is 0 Å².